The van der Waals surface area contributed by atoms with Crippen LogP contribution in [0.25, 0.3) is 0 Å². The molecule has 0 heterocycles. The molecule has 0 saturated carbocycles. The molecule has 0 radical (unpaired) electrons. The van der Waals surface area contributed by atoms with Gasteiger partial charge in [0.1, 0.15) is 11.5 Å². The molecule has 5 heteroatoms. The van der Waals surface area contributed by atoms with Crippen molar-refractivity contribution >= 4 is 5.91 Å². The second-order valence-corrected chi connectivity index (χ2v) is 4.63. The van der Waals surface area contributed by atoms with Crippen molar-refractivity contribution in [3.8, 4) is 11.5 Å². The number of phenols is 2. The Morgan fingerprint density at radius 3 is 2.11 bits per heavy atom. The SMILES string of the molecule is CC(NC(C)c1cc(O)cc(O)c1)C(=O)N(C)C. The molecule has 0 saturated heterocycles. The highest BCUT2D eigenvalue weighted by molar-refractivity contribution is 5.80. The van der Waals surface area contributed by atoms with Gasteiger partial charge in [-0.3, -0.25) is 10.1 Å². The van der Waals surface area contributed by atoms with Gasteiger partial charge in [0.15, 0.2) is 0 Å². The molecule has 2 atom stereocenters. The molecular weight excluding hydrogens is 232 g/mol. The number of nitrogens with one attached hydrogen (secondary N) is 1. The van der Waals surface area contributed by atoms with E-state index in [1.54, 1.807) is 33.2 Å². The van der Waals surface area contributed by atoms with Gasteiger partial charge < -0.3 is 15.1 Å². The van der Waals surface area contributed by atoms with E-state index in [1.807, 2.05) is 6.92 Å². The van der Waals surface area contributed by atoms with Crippen molar-refractivity contribution in [3.05, 3.63) is 23.8 Å². The molecule has 3 N–H and O–H groups in total. The van der Waals surface area contributed by atoms with Gasteiger partial charge in [-0.15, -0.1) is 0 Å². The Labute approximate surface area is 107 Å². The fourth-order valence-corrected chi connectivity index (χ4v) is 1.80. The lowest BCUT2D eigenvalue weighted by atomic mass is 10.1. The van der Waals surface area contributed by atoms with Gasteiger partial charge in [-0.1, -0.05) is 0 Å². The monoisotopic (exact) mass is 252 g/mol. The summed E-state index contributed by atoms with van der Waals surface area (Å²) >= 11 is 0. The Kier molecular flexibility index (Phi) is 4.55. The lowest BCUT2D eigenvalue weighted by Gasteiger charge is -2.22. The van der Waals surface area contributed by atoms with E-state index < -0.39 is 0 Å². The number of phenolic OH excluding ortho intramolecular Hbond substituents is 2. The number of aromatic hydroxyl groups is 2. The fraction of sp³-hybridized carbons (Fsp3) is 0.462. The summed E-state index contributed by atoms with van der Waals surface area (Å²) in [5.74, 6) is -0.0123. The minimum absolute atomic E-state index is 0.00485. The highest BCUT2D eigenvalue weighted by atomic mass is 16.3. The number of amides is 1. The minimum Gasteiger partial charge on any atom is -0.508 e. The van der Waals surface area contributed by atoms with Crippen molar-refractivity contribution in [2.75, 3.05) is 14.1 Å². The third-order valence-corrected chi connectivity index (χ3v) is 2.74. The second-order valence-electron chi connectivity index (χ2n) is 4.63. The van der Waals surface area contributed by atoms with E-state index in [0.29, 0.717) is 0 Å². The van der Waals surface area contributed by atoms with Crippen LogP contribution in [0.15, 0.2) is 18.2 Å². The summed E-state index contributed by atoms with van der Waals surface area (Å²) in [7, 11) is 3.40. The molecule has 0 spiro atoms. The Bertz CT molecular complexity index is 412. The van der Waals surface area contributed by atoms with E-state index in [1.165, 1.54) is 11.0 Å². The van der Waals surface area contributed by atoms with Crippen LogP contribution in [0.2, 0.25) is 0 Å². The maximum atomic E-state index is 11.7. The van der Waals surface area contributed by atoms with Gasteiger partial charge in [0.25, 0.3) is 0 Å². The van der Waals surface area contributed by atoms with Gasteiger partial charge in [0.2, 0.25) is 5.91 Å². The molecule has 1 rings (SSSR count). The lowest BCUT2D eigenvalue weighted by molar-refractivity contribution is -0.130. The molecule has 0 bridgehead atoms. The van der Waals surface area contributed by atoms with E-state index in [2.05, 4.69) is 5.32 Å². The Morgan fingerprint density at radius 1 is 1.17 bits per heavy atom. The van der Waals surface area contributed by atoms with Gasteiger partial charge in [0, 0.05) is 26.2 Å². The van der Waals surface area contributed by atoms with Crippen molar-refractivity contribution < 1.29 is 15.0 Å². The molecule has 18 heavy (non-hydrogen) atoms. The van der Waals surface area contributed by atoms with E-state index in [9.17, 15) is 15.0 Å². The molecule has 1 aromatic rings. The van der Waals surface area contributed by atoms with Gasteiger partial charge in [-0.25, -0.2) is 0 Å². The number of carbonyl (C=O) groups is 1. The lowest BCUT2D eigenvalue weighted by Crippen LogP contribution is -2.42. The number of benzene rings is 1. The van der Waals surface area contributed by atoms with Crippen LogP contribution in [0.5, 0.6) is 11.5 Å². The number of nitrogens with zero attached hydrogens (tertiary/aromatic N) is 1. The van der Waals surface area contributed by atoms with Gasteiger partial charge in [-0.05, 0) is 31.5 Å². The minimum atomic E-state index is -0.334. The Hall–Kier alpha value is -1.75. The molecule has 1 aromatic carbocycles. The van der Waals surface area contributed by atoms with E-state index in [4.69, 9.17) is 0 Å². The third kappa shape index (κ3) is 3.63. The highest BCUT2D eigenvalue weighted by Gasteiger charge is 2.18. The van der Waals surface area contributed by atoms with E-state index in [-0.39, 0.29) is 29.5 Å². The van der Waals surface area contributed by atoms with Crippen molar-refractivity contribution in [2.45, 2.75) is 25.9 Å². The predicted molar refractivity (Wildman–Crippen MR) is 69.5 cm³/mol. The second kappa shape index (κ2) is 5.73. The molecule has 5 nitrogen and oxygen atoms in total. The van der Waals surface area contributed by atoms with Crippen LogP contribution in [0.3, 0.4) is 0 Å². The first-order chi connectivity index (χ1) is 8.31. The smallest absolute Gasteiger partial charge is 0.238 e. The normalized spacial score (nSPS) is 14.0. The molecular formula is C13H20N2O3. The average molecular weight is 252 g/mol. The van der Waals surface area contributed by atoms with Crippen molar-refractivity contribution in [1.82, 2.24) is 10.2 Å². The Morgan fingerprint density at radius 2 is 1.67 bits per heavy atom. The van der Waals surface area contributed by atoms with Gasteiger partial charge in [-0.2, -0.15) is 0 Å². The summed E-state index contributed by atoms with van der Waals surface area (Å²) in [6.07, 6.45) is 0. The molecule has 1 amide bonds. The first-order valence-electron chi connectivity index (χ1n) is 5.81. The quantitative estimate of drug-likeness (QED) is 0.753. The molecule has 100 valence electrons. The summed E-state index contributed by atoms with van der Waals surface area (Å²) in [5, 5.41) is 21.9. The zero-order chi connectivity index (χ0) is 13.9. The number of rotatable bonds is 4. The maximum Gasteiger partial charge on any atom is 0.238 e. The number of carbonyl (C=O) groups excluding carboxylic acids is 1. The topological polar surface area (TPSA) is 72.8 Å². The van der Waals surface area contributed by atoms with Crippen LogP contribution in [0.4, 0.5) is 0 Å². The molecule has 2 unspecified atom stereocenters. The first kappa shape index (κ1) is 14.3. The van der Waals surface area contributed by atoms with Crippen molar-refractivity contribution in [3.63, 3.8) is 0 Å². The summed E-state index contributed by atoms with van der Waals surface area (Å²) in [6, 6.07) is 3.90. The summed E-state index contributed by atoms with van der Waals surface area (Å²) in [4.78, 5) is 13.2. The van der Waals surface area contributed by atoms with Gasteiger partial charge in [0.05, 0.1) is 6.04 Å². The predicted octanol–water partition coefficient (Wildman–Crippen LogP) is 1.23. The zero-order valence-corrected chi connectivity index (χ0v) is 11.1. The maximum absolute atomic E-state index is 11.7. The third-order valence-electron chi connectivity index (χ3n) is 2.74. The molecule has 0 aliphatic carbocycles. The number of likely N-dealkylation sites (N-methyl/N-ethyl adjacent to an activating group) is 1. The van der Waals surface area contributed by atoms with Crippen LogP contribution in [-0.4, -0.2) is 41.2 Å². The number of hydrogen-bond acceptors (Lipinski definition) is 4. The molecule has 0 aromatic heterocycles. The van der Waals surface area contributed by atoms with Crippen LogP contribution >= 0.6 is 0 Å². The summed E-state index contributed by atoms with van der Waals surface area (Å²) < 4.78 is 0. The first-order valence-corrected chi connectivity index (χ1v) is 5.81. The highest BCUT2D eigenvalue weighted by Crippen LogP contribution is 2.24. The standard InChI is InChI=1S/C13H20N2O3/c1-8(14-9(2)13(18)15(3)4)10-5-11(16)7-12(17)6-10/h5-9,14,16-17H,1-4H3. The van der Waals surface area contributed by atoms with Gasteiger partial charge >= 0.3 is 0 Å². The van der Waals surface area contributed by atoms with Crippen molar-refractivity contribution in [1.29, 1.82) is 0 Å². The van der Waals surface area contributed by atoms with Crippen LogP contribution < -0.4 is 5.32 Å². The van der Waals surface area contributed by atoms with E-state index in [0.717, 1.165) is 5.56 Å². The summed E-state index contributed by atoms with van der Waals surface area (Å²) in [5.41, 5.74) is 0.728. The molecule has 0 aliphatic rings. The zero-order valence-electron chi connectivity index (χ0n) is 11.1. The largest absolute Gasteiger partial charge is 0.508 e. The van der Waals surface area contributed by atoms with Crippen LogP contribution in [0.1, 0.15) is 25.5 Å². The average Bonchev–Trinajstić information content (AvgIpc) is 2.26. The van der Waals surface area contributed by atoms with Crippen LogP contribution in [-0.2, 0) is 4.79 Å². The fourth-order valence-electron chi connectivity index (χ4n) is 1.80. The Balaban J connectivity index is 2.76. The number of hydrogen-bond donors (Lipinski definition) is 3. The van der Waals surface area contributed by atoms with Crippen molar-refractivity contribution in [2.24, 2.45) is 0 Å². The van der Waals surface area contributed by atoms with Crippen LogP contribution in [0, 0.1) is 0 Å². The molecule has 0 aliphatic heterocycles. The van der Waals surface area contributed by atoms with E-state index >= 15 is 0 Å². The molecule has 0 fully saturated rings. The summed E-state index contributed by atoms with van der Waals surface area (Å²) in [6.45, 7) is 3.65.